The van der Waals surface area contributed by atoms with Crippen LogP contribution < -0.4 is 9.13 Å². The lowest BCUT2D eigenvalue weighted by Gasteiger charge is -2.07. The van der Waals surface area contributed by atoms with Gasteiger partial charge in [-0.3, -0.25) is 0 Å². The molecular weight excluding hydrogens is 436 g/mol. The summed E-state index contributed by atoms with van der Waals surface area (Å²) in [5, 5.41) is 0. The molecule has 170 valence electrons. The van der Waals surface area contributed by atoms with Gasteiger partial charge in [-0.25, -0.2) is 0 Å². The fourth-order valence-electron chi connectivity index (χ4n) is 4.68. The van der Waals surface area contributed by atoms with Gasteiger partial charge in [0, 0.05) is 36.4 Å². The minimum atomic E-state index is 1.17. The van der Waals surface area contributed by atoms with Crippen LogP contribution in [0, 0.1) is 0 Å². The minimum Gasteiger partial charge on any atom is -0.167 e. The normalized spacial score (nSPS) is 10.8. The largest absolute Gasteiger partial charge is 0.218 e. The van der Waals surface area contributed by atoms with Gasteiger partial charge in [0.15, 0.2) is 24.8 Å². The topological polar surface area (TPSA) is 7.76 Å². The van der Waals surface area contributed by atoms with E-state index in [2.05, 4.69) is 167 Å². The van der Waals surface area contributed by atoms with Crippen LogP contribution in [0.1, 0.15) is 0 Å². The predicted octanol–water partition coefficient (Wildman–Crippen LogP) is 7.24. The van der Waals surface area contributed by atoms with Crippen LogP contribution in [0.3, 0.4) is 0 Å². The monoisotopic (exact) mass is 462 g/mol. The standard InChI is InChI=1S/C34H26N2/c1-3-11-29(12-4-1)31-15-7-9-17-33(31)35-23-19-27(20-24-35)28-21-25-36(26-22-28)34-18-10-8-16-32(34)30-13-5-2-6-14-30/h1-26H/q+2. The lowest BCUT2D eigenvalue weighted by molar-refractivity contribution is -0.595. The highest BCUT2D eigenvalue weighted by molar-refractivity contribution is 5.71. The summed E-state index contributed by atoms with van der Waals surface area (Å²) in [7, 11) is 0. The molecule has 36 heavy (non-hydrogen) atoms. The zero-order valence-corrected chi connectivity index (χ0v) is 19.9. The maximum Gasteiger partial charge on any atom is 0.218 e. The van der Waals surface area contributed by atoms with Crippen molar-refractivity contribution in [3.63, 3.8) is 0 Å². The van der Waals surface area contributed by atoms with Crippen molar-refractivity contribution >= 4 is 0 Å². The Labute approximate surface area is 212 Å². The lowest BCUT2D eigenvalue weighted by Crippen LogP contribution is -2.30. The van der Waals surface area contributed by atoms with E-state index in [1.807, 2.05) is 0 Å². The smallest absolute Gasteiger partial charge is 0.167 e. The van der Waals surface area contributed by atoms with Gasteiger partial charge in [-0.2, -0.15) is 9.13 Å². The summed E-state index contributed by atoms with van der Waals surface area (Å²) in [6, 6.07) is 46.8. The molecule has 0 unspecified atom stereocenters. The number of pyridine rings is 2. The number of para-hydroxylation sites is 2. The van der Waals surface area contributed by atoms with Crippen molar-refractivity contribution in [1.82, 2.24) is 0 Å². The Kier molecular flexibility index (Phi) is 5.91. The van der Waals surface area contributed by atoms with Gasteiger partial charge in [-0.15, -0.1) is 0 Å². The van der Waals surface area contributed by atoms with Gasteiger partial charge in [0.2, 0.25) is 11.4 Å². The molecular formula is C34H26N2+2. The molecule has 6 rings (SSSR count). The molecule has 0 aliphatic rings. The molecule has 0 N–H and O–H groups in total. The van der Waals surface area contributed by atoms with Gasteiger partial charge < -0.3 is 0 Å². The molecule has 2 nitrogen and oxygen atoms in total. The summed E-state index contributed by atoms with van der Waals surface area (Å²) in [6.45, 7) is 0. The quantitative estimate of drug-likeness (QED) is 0.239. The number of nitrogens with zero attached hydrogens (tertiary/aromatic N) is 2. The highest BCUT2D eigenvalue weighted by Crippen LogP contribution is 2.25. The molecule has 6 aromatic rings. The summed E-state index contributed by atoms with van der Waals surface area (Å²) >= 11 is 0. The minimum absolute atomic E-state index is 1.17. The van der Waals surface area contributed by atoms with Crippen LogP contribution >= 0.6 is 0 Å². The van der Waals surface area contributed by atoms with Crippen LogP contribution in [0.15, 0.2) is 158 Å². The first-order valence-electron chi connectivity index (χ1n) is 12.2. The number of hydrogen-bond donors (Lipinski definition) is 0. The first kappa shape index (κ1) is 21.7. The van der Waals surface area contributed by atoms with Crippen LogP contribution in [0.5, 0.6) is 0 Å². The van der Waals surface area contributed by atoms with E-state index in [1.165, 1.54) is 44.8 Å². The molecule has 4 aromatic carbocycles. The molecule has 0 saturated heterocycles. The molecule has 2 heterocycles. The fourth-order valence-corrected chi connectivity index (χ4v) is 4.68. The highest BCUT2D eigenvalue weighted by Gasteiger charge is 2.16. The van der Waals surface area contributed by atoms with Gasteiger partial charge in [-0.1, -0.05) is 84.9 Å². The zero-order chi connectivity index (χ0) is 24.2. The van der Waals surface area contributed by atoms with Crippen molar-refractivity contribution in [2.24, 2.45) is 0 Å². The van der Waals surface area contributed by atoms with Crippen LogP contribution in [-0.4, -0.2) is 0 Å². The van der Waals surface area contributed by atoms with Gasteiger partial charge in [0.25, 0.3) is 0 Å². The van der Waals surface area contributed by atoms with E-state index in [1.54, 1.807) is 0 Å². The van der Waals surface area contributed by atoms with Gasteiger partial charge in [-0.05, 0) is 34.4 Å². The summed E-state index contributed by atoms with van der Waals surface area (Å²) in [6.07, 6.45) is 8.57. The van der Waals surface area contributed by atoms with E-state index in [-0.39, 0.29) is 0 Å². The van der Waals surface area contributed by atoms with Crippen molar-refractivity contribution in [2.45, 2.75) is 0 Å². The summed E-state index contributed by atoms with van der Waals surface area (Å²) in [5.41, 5.74) is 9.57. The molecule has 0 aliphatic heterocycles. The Morgan fingerprint density at radius 2 is 0.611 bits per heavy atom. The second-order valence-corrected chi connectivity index (χ2v) is 8.75. The van der Waals surface area contributed by atoms with Crippen molar-refractivity contribution < 1.29 is 9.13 Å². The van der Waals surface area contributed by atoms with Crippen LogP contribution in [0.25, 0.3) is 44.8 Å². The average Bonchev–Trinajstić information content (AvgIpc) is 2.98. The summed E-state index contributed by atoms with van der Waals surface area (Å²) in [4.78, 5) is 0. The van der Waals surface area contributed by atoms with E-state index in [0.717, 1.165) is 0 Å². The fraction of sp³-hybridized carbons (Fsp3) is 0. The van der Waals surface area contributed by atoms with E-state index in [0.29, 0.717) is 0 Å². The molecule has 0 atom stereocenters. The Hall–Kier alpha value is -4.82. The second kappa shape index (κ2) is 9.81. The van der Waals surface area contributed by atoms with E-state index >= 15 is 0 Å². The number of rotatable bonds is 5. The molecule has 0 saturated carbocycles. The highest BCUT2D eigenvalue weighted by atomic mass is 14.9. The molecule has 0 radical (unpaired) electrons. The molecule has 0 aliphatic carbocycles. The number of benzene rings is 4. The van der Waals surface area contributed by atoms with Crippen molar-refractivity contribution in [3.05, 3.63) is 158 Å². The lowest BCUT2D eigenvalue weighted by atomic mass is 10.0. The van der Waals surface area contributed by atoms with E-state index in [9.17, 15) is 0 Å². The Bertz CT molecular complexity index is 1460. The first-order chi connectivity index (χ1) is 17.9. The average molecular weight is 463 g/mol. The van der Waals surface area contributed by atoms with E-state index in [4.69, 9.17) is 0 Å². The van der Waals surface area contributed by atoms with Gasteiger partial charge in [0.05, 0.1) is 11.1 Å². The Balaban J connectivity index is 1.30. The zero-order valence-electron chi connectivity index (χ0n) is 19.9. The molecule has 2 heteroatoms. The maximum atomic E-state index is 2.19. The molecule has 2 aromatic heterocycles. The van der Waals surface area contributed by atoms with Crippen molar-refractivity contribution in [2.75, 3.05) is 0 Å². The maximum absolute atomic E-state index is 2.19. The van der Waals surface area contributed by atoms with Gasteiger partial charge in [0.1, 0.15) is 0 Å². The molecule has 0 amide bonds. The second-order valence-electron chi connectivity index (χ2n) is 8.75. The number of hydrogen-bond acceptors (Lipinski definition) is 0. The van der Waals surface area contributed by atoms with Crippen molar-refractivity contribution in [1.29, 1.82) is 0 Å². The van der Waals surface area contributed by atoms with Crippen LogP contribution in [0.4, 0.5) is 0 Å². The third kappa shape index (κ3) is 4.33. The first-order valence-corrected chi connectivity index (χ1v) is 12.2. The summed E-state index contributed by atoms with van der Waals surface area (Å²) in [5.74, 6) is 0. The third-order valence-electron chi connectivity index (χ3n) is 6.53. The van der Waals surface area contributed by atoms with Crippen LogP contribution in [-0.2, 0) is 0 Å². The number of aromatic nitrogens is 2. The van der Waals surface area contributed by atoms with E-state index < -0.39 is 0 Å². The Morgan fingerprint density at radius 1 is 0.278 bits per heavy atom. The van der Waals surface area contributed by atoms with Gasteiger partial charge >= 0.3 is 0 Å². The van der Waals surface area contributed by atoms with Crippen LogP contribution in [0.2, 0.25) is 0 Å². The summed E-state index contributed by atoms with van der Waals surface area (Å²) < 4.78 is 4.37. The molecule has 0 spiro atoms. The molecule has 0 fully saturated rings. The van der Waals surface area contributed by atoms with Crippen molar-refractivity contribution in [3.8, 4) is 44.8 Å². The predicted molar refractivity (Wildman–Crippen MR) is 146 cm³/mol. The Morgan fingerprint density at radius 3 is 1.00 bits per heavy atom. The third-order valence-corrected chi connectivity index (χ3v) is 6.53. The SMILES string of the molecule is c1ccc(-c2ccccc2-[n+]2ccc(-c3cc[n+](-c4ccccc4-c4ccccc4)cc3)cc2)cc1. The molecule has 0 bridgehead atoms.